The Morgan fingerprint density at radius 2 is 2.12 bits per heavy atom. The number of aliphatic imine (C=N–C) groups is 1. The molecule has 17 heavy (non-hydrogen) atoms. The molecule has 2 heterocycles. The van der Waals surface area contributed by atoms with Gasteiger partial charge in [0.1, 0.15) is 0 Å². The van der Waals surface area contributed by atoms with Gasteiger partial charge in [0.25, 0.3) is 0 Å². The smallest absolute Gasteiger partial charge is 0.0966 e. The molecular weight excluding hydrogens is 210 g/mol. The molecule has 2 aromatic rings. The van der Waals surface area contributed by atoms with E-state index in [0.29, 0.717) is 0 Å². The number of aromatic nitrogens is 1. The van der Waals surface area contributed by atoms with Crippen molar-refractivity contribution in [3.8, 4) is 0 Å². The first kappa shape index (κ1) is 10.3. The molecule has 1 aromatic heterocycles. The molecule has 0 spiro atoms. The highest BCUT2D eigenvalue weighted by atomic mass is 15.0. The molecule has 86 valence electrons. The van der Waals surface area contributed by atoms with Gasteiger partial charge in [-0.3, -0.25) is 9.98 Å². The molecule has 0 saturated carbocycles. The largest absolute Gasteiger partial charge is 0.370 e. The van der Waals surface area contributed by atoms with E-state index in [-0.39, 0.29) is 0 Å². The molecule has 1 N–H and O–H groups in total. The highest BCUT2D eigenvalue weighted by molar-refractivity contribution is 5.85. The van der Waals surface area contributed by atoms with Gasteiger partial charge < -0.3 is 5.32 Å². The van der Waals surface area contributed by atoms with E-state index in [2.05, 4.69) is 39.6 Å². The third kappa shape index (κ3) is 2.13. The highest BCUT2D eigenvalue weighted by Gasteiger charge is 2.06. The number of nitrogens with one attached hydrogen (secondary N) is 1. The van der Waals surface area contributed by atoms with Gasteiger partial charge in [0.05, 0.1) is 11.4 Å². The highest BCUT2D eigenvalue weighted by Crippen LogP contribution is 2.15. The van der Waals surface area contributed by atoms with Gasteiger partial charge in [-0.05, 0) is 18.1 Å². The molecular formula is C14H15N3. The number of rotatable bonds is 2. The van der Waals surface area contributed by atoms with Gasteiger partial charge in [-0.2, -0.15) is 0 Å². The molecule has 0 unspecified atom stereocenters. The number of amidine groups is 1. The number of para-hydroxylation sites is 1. The Labute approximate surface area is 101 Å². The summed E-state index contributed by atoms with van der Waals surface area (Å²) in [6.45, 7) is 1.78. The predicted octanol–water partition coefficient (Wildman–Crippen LogP) is 2.52. The van der Waals surface area contributed by atoms with Gasteiger partial charge in [-0.15, -0.1) is 0 Å². The fraction of sp³-hybridized carbons (Fsp3) is 0.286. The summed E-state index contributed by atoms with van der Waals surface area (Å²) in [6, 6.07) is 10.4. The lowest BCUT2D eigenvalue weighted by Crippen LogP contribution is -2.20. The van der Waals surface area contributed by atoms with Gasteiger partial charge in [-0.1, -0.05) is 24.3 Å². The van der Waals surface area contributed by atoms with E-state index >= 15 is 0 Å². The van der Waals surface area contributed by atoms with Crippen LogP contribution < -0.4 is 5.32 Å². The maximum atomic E-state index is 4.45. The number of nitrogens with zero attached hydrogens (tertiary/aromatic N) is 2. The van der Waals surface area contributed by atoms with Crippen LogP contribution in [-0.4, -0.2) is 17.4 Å². The number of hydrogen-bond donors (Lipinski definition) is 1. The fourth-order valence-corrected chi connectivity index (χ4v) is 2.19. The molecule has 0 fully saturated rings. The zero-order chi connectivity index (χ0) is 11.5. The lowest BCUT2D eigenvalue weighted by Gasteiger charge is -2.08. The fourth-order valence-electron chi connectivity index (χ4n) is 2.19. The summed E-state index contributed by atoms with van der Waals surface area (Å²) < 4.78 is 0. The van der Waals surface area contributed by atoms with Crippen LogP contribution in [0, 0.1) is 0 Å². The molecule has 1 aliphatic rings. The van der Waals surface area contributed by atoms with E-state index < -0.39 is 0 Å². The van der Waals surface area contributed by atoms with Gasteiger partial charge in [0.2, 0.25) is 0 Å². The molecule has 0 atom stereocenters. The Bertz CT molecular complexity index is 555. The van der Waals surface area contributed by atoms with Gasteiger partial charge in [-0.25, -0.2) is 0 Å². The minimum absolute atomic E-state index is 0.813. The van der Waals surface area contributed by atoms with Crippen molar-refractivity contribution in [2.24, 2.45) is 4.99 Å². The maximum Gasteiger partial charge on any atom is 0.0966 e. The molecule has 0 radical (unpaired) electrons. The van der Waals surface area contributed by atoms with Crippen molar-refractivity contribution in [1.82, 2.24) is 10.3 Å². The molecule has 3 nitrogen and oxygen atoms in total. The first-order valence-corrected chi connectivity index (χ1v) is 6.03. The van der Waals surface area contributed by atoms with Gasteiger partial charge in [0.15, 0.2) is 0 Å². The monoisotopic (exact) mass is 225 g/mol. The van der Waals surface area contributed by atoms with Crippen LogP contribution in [0.25, 0.3) is 10.9 Å². The topological polar surface area (TPSA) is 37.3 Å². The number of benzene rings is 1. The van der Waals surface area contributed by atoms with Crippen LogP contribution in [0.2, 0.25) is 0 Å². The summed E-state index contributed by atoms with van der Waals surface area (Å²) >= 11 is 0. The standard InChI is InChI=1S/C14H15N3/c1-4-11-6-2-9-16-14(11)12(5-1)10-17-13-7-3-8-15-13/h1-2,4-6,9H,3,7-8,10H2,(H,15,17). The van der Waals surface area contributed by atoms with E-state index in [0.717, 1.165) is 30.9 Å². The summed E-state index contributed by atoms with van der Waals surface area (Å²) in [5.41, 5.74) is 2.32. The molecule has 3 heteroatoms. The van der Waals surface area contributed by atoms with E-state index in [1.165, 1.54) is 17.4 Å². The van der Waals surface area contributed by atoms with Crippen molar-refractivity contribution in [3.05, 3.63) is 42.1 Å². The van der Waals surface area contributed by atoms with Crippen LogP contribution in [0.5, 0.6) is 0 Å². The second-order valence-corrected chi connectivity index (χ2v) is 4.28. The lowest BCUT2D eigenvalue weighted by molar-refractivity contribution is 0.892. The normalized spacial score (nSPS) is 14.9. The molecule has 0 bridgehead atoms. The average Bonchev–Trinajstić information content (AvgIpc) is 2.89. The Balaban J connectivity index is 1.84. The average molecular weight is 225 g/mol. The quantitative estimate of drug-likeness (QED) is 0.852. The third-order valence-electron chi connectivity index (χ3n) is 3.07. The van der Waals surface area contributed by atoms with Crippen molar-refractivity contribution in [3.63, 3.8) is 0 Å². The maximum absolute atomic E-state index is 4.45. The molecule has 0 saturated heterocycles. The number of fused-ring (bicyclic) bond motifs is 1. The van der Waals surface area contributed by atoms with Crippen molar-refractivity contribution in [2.45, 2.75) is 19.4 Å². The molecule has 0 amide bonds. The van der Waals surface area contributed by atoms with Crippen molar-refractivity contribution >= 4 is 16.7 Å². The summed E-state index contributed by atoms with van der Waals surface area (Å²) in [5.74, 6) is 1.14. The van der Waals surface area contributed by atoms with Crippen LogP contribution in [-0.2, 0) is 6.54 Å². The molecule has 1 aliphatic heterocycles. The van der Waals surface area contributed by atoms with Crippen LogP contribution in [0.1, 0.15) is 18.4 Å². The lowest BCUT2D eigenvalue weighted by atomic mass is 10.1. The van der Waals surface area contributed by atoms with E-state index in [1.54, 1.807) is 0 Å². The first-order valence-electron chi connectivity index (χ1n) is 6.03. The molecule has 1 aromatic carbocycles. The number of hydrogen-bond acceptors (Lipinski definition) is 3. The predicted molar refractivity (Wildman–Crippen MR) is 70.1 cm³/mol. The SMILES string of the molecule is c1cnc2c(CNC3=NCCC3)cccc2c1. The molecule has 0 aliphatic carbocycles. The summed E-state index contributed by atoms with van der Waals surface area (Å²) in [7, 11) is 0. The molecule has 3 rings (SSSR count). The minimum Gasteiger partial charge on any atom is -0.370 e. The summed E-state index contributed by atoms with van der Waals surface area (Å²) in [5, 5.41) is 4.59. The third-order valence-corrected chi connectivity index (χ3v) is 3.07. The summed E-state index contributed by atoms with van der Waals surface area (Å²) in [4.78, 5) is 8.86. The van der Waals surface area contributed by atoms with Crippen LogP contribution in [0.3, 0.4) is 0 Å². The minimum atomic E-state index is 0.813. The Morgan fingerprint density at radius 1 is 1.18 bits per heavy atom. The second kappa shape index (κ2) is 4.53. The second-order valence-electron chi connectivity index (χ2n) is 4.28. The van der Waals surface area contributed by atoms with E-state index in [1.807, 2.05) is 12.3 Å². The zero-order valence-electron chi connectivity index (χ0n) is 9.69. The van der Waals surface area contributed by atoms with Crippen LogP contribution in [0.15, 0.2) is 41.5 Å². The first-order chi connectivity index (χ1) is 8.43. The Morgan fingerprint density at radius 3 is 3.00 bits per heavy atom. The van der Waals surface area contributed by atoms with E-state index in [9.17, 15) is 0 Å². The van der Waals surface area contributed by atoms with Crippen molar-refractivity contribution in [1.29, 1.82) is 0 Å². The van der Waals surface area contributed by atoms with E-state index in [4.69, 9.17) is 0 Å². The van der Waals surface area contributed by atoms with Gasteiger partial charge in [0, 0.05) is 31.1 Å². The summed E-state index contributed by atoms with van der Waals surface area (Å²) in [6.07, 6.45) is 4.10. The Hall–Kier alpha value is -1.90. The van der Waals surface area contributed by atoms with Gasteiger partial charge >= 0.3 is 0 Å². The van der Waals surface area contributed by atoms with Crippen LogP contribution in [0.4, 0.5) is 0 Å². The Kier molecular flexibility index (Phi) is 2.74. The van der Waals surface area contributed by atoms with Crippen molar-refractivity contribution < 1.29 is 0 Å². The number of pyridine rings is 1. The van der Waals surface area contributed by atoms with Crippen LogP contribution >= 0.6 is 0 Å². The van der Waals surface area contributed by atoms with Crippen molar-refractivity contribution in [2.75, 3.05) is 6.54 Å². The zero-order valence-corrected chi connectivity index (χ0v) is 9.69.